The minimum absolute atomic E-state index is 0.260. The first kappa shape index (κ1) is 16.7. The fraction of sp³-hybridized carbons (Fsp3) is 0.545. The Bertz CT molecular complexity index is 432. The zero-order valence-electron chi connectivity index (χ0n) is 10.3. The predicted octanol–water partition coefficient (Wildman–Crippen LogP) is 2.94. The third-order valence-corrected chi connectivity index (χ3v) is 2.43. The van der Waals surface area contributed by atoms with Gasteiger partial charge in [-0.3, -0.25) is 4.98 Å². The van der Waals surface area contributed by atoms with Crippen molar-refractivity contribution in [1.82, 2.24) is 10.3 Å². The van der Waals surface area contributed by atoms with Crippen LogP contribution >= 0.6 is 0 Å². The van der Waals surface area contributed by atoms with Gasteiger partial charge in [-0.1, -0.05) is 0 Å². The summed E-state index contributed by atoms with van der Waals surface area (Å²) < 4.78 is 78.6. The van der Waals surface area contributed by atoms with Crippen LogP contribution < -0.4 is 5.32 Å². The highest BCUT2D eigenvalue weighted by atomic mass is 19.4. The lowest BCUT2D eigenvalue weighted by atomic mass is 10.0. The molecular formula is C11H12F6N2O. The Labute approximate surface area is 110 Å². The lowest BCUT2D eigenvalue weighted by Gasteiger charge is -2.21. The molecule has 0 aliphatic heterocycles. The van der Waals surface area contributed by atoms with Crippen molar-refractivity contribution in [1.29, 1.82) is 0 Å². The van der Waals surface area contributed by atoms with Gasteiger partial charge in [0.15, 0.2) is 0 Å². The molecule has 114 valence electrons. The highest BCUT2D eigenvalue weighted by molar-refractivity contribution is 5.29. The molecule has 3 nitrogen and oxygen atoms in total. The maximum Gasteiger partial charge on any atom is 0.416 e. The summed E-state index contributed by atoms with van der Waals surface area (Å²) in [5.74, 6) is 0. The first-order valence-corrected chi connectivity index (χ1v) is 5.48. The van der Waals surface area contributed by atoms with E-state index >= 15 is 0 Å². The van der Waals surface area contributed by atoms with Crippen molar-refractivity contribution < 1.29 is 31.1 Å². The quantitative estimate of drug-likeness (QED) is 0.849. The Balaban J connectivity index is 2.85. The van der Waals surface area contributed by atoms with Crippen molar-refractivity contribution in [2.75, 3.05) is 20.3 Å². The van der Waals surface area contributed by atoms with Gasteiger partial charge >= 0.3 is 12.4 Å². The molecule has 0 aromatic carbocycles. The highest BCUT2D eigenvalue weighted by Crippen LogP contribution is 2.34. The van der Waals surface area contributed by atoms with Crippen LogP contribution in [0.2, 0.25) is 0 Å². The van der Waals surface area contributed by atoms with Crippen LogP contribution in [0.15, 0.2) is 18.5 Å². The molecule has 1 unspecified atom stereocenters. The van der Waals surface area contributed by atoms with E-state index in [-0.39, 0.29) is 5.56 Å². The van der Waals surface area contributed by atoms with Gasteiger partial charge in [0, 0.05) is 18.0 Å². The van der Waals surface area contributed by atoms with Crippen molar-refractivity contribution in [3.63, 3.8) is 0 Å². The number of halogens is 6. The van der Waals surface area contributed by atoms with Crippen LogP contribution in [0.25, 0.3) is 0 Å². The maximum atomic E-state index is 12.8. The molecule has 0 fully saturated rings. The van der Waals surface area contributed by atoms with Crippen LogP contribution in [0.1, 0.15) is 17.2 Å². The zero-order valence-corrected chi connectivity index (χ0v) is 10.3. The molecule has 1 N–H and O–H groups in total. The molecule has 1 rings (SSSR count). The van der Waals surface area contributed by atoms with Crippen molar-refractivity contribution in [3.05, 3.63) is 29.6 Å². The summed E-state index contributed by atoms with van der Waals surface area (Å²) in [4.78, 5) is 3.57. The van der Waals surface area contributed by atoms with E-state index in [1.165, 1.54) is 7.05 Å². The fourth-order valence-corrected chi connectivity index (χ4v) is 1.56. The first-order chi connectivity index (χ1) is 9.15. The second kappa shape index (κ2) is 6.40. The average molecular weight is 302 g/mol. The van der Waals surface area contributed by atoms with Crippen LogP contribution in [0.4, 0.5) is 26.3 Å². The smallest absolute Gasteiger partial charge is 0.370 e. The number of pyridine rings is 1. The normalized spacial score (nSPS) is 14.3. The number of aromatic nitrogens is 1. The zero-order chi connectivity index (χ0) is 15.4. The summed E-state index contributed by atoms with van der Waals surface area (Å²) in [7, 11) is 1.33. The van der Waals surface area contributed by atoms with E-state index in [4.69, 9.17) is 0 Å². The molecular weight excluding hydrogens is 290 g/mol. The average Bonchev–Trinajstić information content (AvgIpc) is 2.32. The molecule has 9 heteroatoms. The molecule has 0 saturated carbocycles. The minimum Gasteiger partial charge on any atom is -0.370 e. The van der Waals surface area contributed by atoms with Gasteiger partial charge < -0.3 is 10.1 Å². The fourth-order valence-electron chi connectivity index (χ4n) is 1.56. The Morgan fingerprint density at radius 1 is 1.25 bits per heavy atom. The summed E-state index contributed by atoms with van der Waals surface area (Å²) >= 11 is 0. The number of alkyl halides is 6. The Morgan fingerprint density at radius 3 is 2.40 bits per heavy atom. The molecule has 0 saturated heterocycles. The largest absolute Gasteiger partial charge is 0.416 e. The van der Waals surface area contributed by atoms with Gasteiger partial charge in [-0.25, -0.2) is 0 Å². The summed E-state index contributed by atoms with van der Waals surface area (Å²) in [6, 6.07) is -0.272. The van der Waals surface area contributed by atoms with E-state index in [0.717, 1.165) is 18.5 Å². The van der Waals surface area contributed by atoms with Crippen LogP contribution in [0.3, 0.4) is 0 Å². The van der Waals surface area contributed by atoms with Gasteiger partial charge in [0.2, 0.25) is 0 Å². The van der Waals surface area contributed by atoms with Gasteiger partial charge in [-0.2, -0.15) is 26.3 Å². The van der Waals surface area contributed by atoms with Gasteiger partial charge in [-0.15, -0.1) is 0 Å². The van der Waals surface area contributed by atoms with Crippen molar-refractivity contribution in [3.8, 4) is 0 Å². The lowest BCUT2D eigenvalue weighted by Crippen LogP contribution is -2.27. The summed E-state index contributed by atoms with van der Waals surface area (Å²) in [5.41, 5.74) is -1.22. The standard InChI is InChI=1S/C11H12F6N2O/c1-18-9(5-20-6-10(12,13)14)7-4-19-3-2-8(7)11(15,16)17/h2-4,9,18H,5-6H2,1H3. The molecule has 1 atom stereocenters. The van der Waals surface area contributed by atoms with E-state index in [9.17, 15) is 26.3 Å². The van der Waals surface area contributed by atoms with Crippen LogP contribution in [0, 0.1) is 0 Å². The van der Waals surface area contributed by atoms with Gasteiger partial charge in [-0.05, 0) is 13.1 Å². The summed E-state index contributed by atoms with van der Waals surface area (Å²) in [5, 5.41) is 2.48. The molecule has 1 heterocycles. The summed E-state index contributed by atoms with van der Waals surface area (Å²) in [6.45, 7) is -2.07. The number of nitrogens with one attached hydrogen (secondary N) is 1. The monoisotopic (exact) mass is 302 g/mol. The van der Waals surface area contributed by atoms with E-state index < -0.39 is 37.2 Å². The first-order valence-electron chi connectivity index (χ1n) is 5.48. The molecule has 0 bridgehead atoms. The highest BCUT2D eigenvalue weighted by Gasteiger charge is 2.35. The van der Waals surface area contributed by atoms with Crippen LogP contribution in [-0.4, -0.2) is 31.4 Å². The van der Waals surface area contributed by atoms with Gasteiger partial charge in [0.25, 0.3) is 0 Å². The molecule has 0 amide bonds. The summed E-state index contributed by atoms with van der Waals surface area (Å²) in [6.07, 6.45) is -7.21. The van der Waals surface area contributed by atoms with E-state index in [1.807, 2.05) is 0 Å². The number of rotatable bonds is 5. The lowest BCUT2D eigenvalue weighted by molar-refractivity contribution is -0.175. The molecule has 0 radical (unpaired) electrons. The Kier molecular flexibility index (Phi) is 5.35. The second-order valence-electron chi connectivity index (χ2n) is 3.93. The number of ether oxygens (including phenoxy) is 1. The van der Waals surface area contributed by atoms with Crippen LogP contribution in [0.5, 0.6) is 0 Å². The SMILES string of the molecule is CNC(COCC(F)(F)F)c1cnccc1C(F)(F)F. The Hall–Kier alpha value is -1.35. The van der Waals surface area contributed by atoms with E-state index in [0.29, 0.717) is 0 Å². The van der Waals surface area contributed by atoms with Crippen molar-refractivity contribution in [2.24, 2.45) is 0 Å². The minimum atomic E-state index is -4.61. The molecule has 1 aromatic rings. The van der Waals surface area contributed by atoms with Crippen molar-refractivity contribution >= 4 is 0 Å². The number of likely N-dealkylation sites (N-methyl/N-ethyl adjacent to an activating group) is 1. The molecule has 0 spiro atoms. The third kappa shape index (κ3) is 4.97. The second-order valence-corrected chi connectivity index (χ2v) is 3.93. The number of nitrogens with zero attached hydrogens (tertiary/aromatic N) is 1. The van der Waals surface area contributed by atoms with Gasteiger partial charge in [0.05, 0.1) is 18.2 Å². The van der Waals surface area contributed by atoms with E-state index in [1.54, 1.807) is 0 Å². The van der Waals surface area contributed by atoms with Gasteiger partial charge in [0.1, 0.15) is 6.61 Å². The third-order valence-electron chi connectivity index (χ3n) is 2.43. The molecule has 0 aliphatic rings. The topological polar surface area (TPSA) is 34.1 Å². The van der Waals surface area contributed by atoms with Crippen molar-refractivity contribution in [2.45, 2.75) is 18.4 Å². The van der Waals surface area contributed by atoms with E-state index in [2.05, 4.69) is 15.0 Å². The number of hydrogen-bond acceptors (Lipinski definition) is 3. The predicted molar refractivity (Wildman–Crippen MR) is 57.9 cm³/mol. The Morgan fingerprint density at radius 2 is 1.90 bits per heavy atom. The molecule has 0 aliphatic carbocycles. The maximum absolute atomic E-state index is 12.8. The number of hydrogen-bond donors (Lipinski definition) is 1. The van der Waals surface area contributed by atoms with Crippen LogP contribution in [-0.2, 0) is 10.9 Å². The molecule has 20 heavy (non-hydrogen) atoms. The molecule has 1 aromatic heterocycles.